The van der Waals surface area contributed by atoms with Crippen LogP contribution in [0.1, 0.15) is 0 Å². The van der Waals surface area contributed by atoms with Crippen LogP contribution in [0.25, 0.3) is 177 Å². The predicted octanol–water partition coefficient (Wildman–Crippen LogP) is 19.4. The number of rotatable bonds is 7. The maximum Gasteiger partial charge on any atom is 0.159 e. The number of hydrogen-bond donors (Lipinski definition) is 0. The fourth-order valence-electron chi connectivity index (χ4n) is 13.5. The Labute approximate surface area is 471 Å². The largest absolute Gasteiger partial charge is 0.309 e. The van der Waals surface area contributed by atoms with Gasteiger partial charge in [0.1, 0.15) is 0 Å². The molecule has 2 aliphatic rings. The second-order valence-electron chi connectivity index (χ2n) is 21.7. The van der Waals surface area contributed by atoms with E-state index in [1.807, 2.05) is 12.4 Å². The highest BCUT2D eigenvalue weighted by Crippen LogP contribution is 2.50. The molecule has 4 aromatic heterocycles. The molecular weight excluding hydrogens is 997 g/mol. The van der Waals surface area contributed by atoms with E-state index >= 15 is 0 Å². The average Bonchev–Trinajstić information content (AvgIpc) is 4.46. The van der Waals surface area contributed by atoms with Crippen molar-refractivity contribution in [1.29, 1.82) is 0 Å². The van der Waals surface area contributed by atoms with Crippen LogP contribution in [0.5, 0.6) is 0 Å². The lowest BCUT2D eigenvalue weighted by molar-refractivity contribution is 1.18. The summed E-state index contributed by atoms with van der Waals surface area (Å²) in [7, 11) is 0. The van der Waals surface area contributed by atoms with Crippen LogP contribution in [0, 0.1) is 0 Å². The lowest BCUT2D eigenvalue weighted by Gasteiger charge is -2.11. The standard InChI is InChI=1S/C76H44N6/c1-3-14-53(15-4-1)81-67-23-8-7-18-56(67)63-40-50(33-38-68(63)81)45-24-28-48(29-25-45)76-78-44-66-60-37-36-55(58-20-11-22-62(72(58)60)74(66)80-76)52-34-39-69-64(41-52)57-35-32-51(42-70(57)82(69)54-16-5-2-6-17-54)46-26-30-49(31-27-46)75-77-43-65-59-19-9-12-47-13-10-21-61(71(47)59)73(65)79-75/h1-44H. The molecule has 0 amide bonds. The van der Waals surface area contributed by atoms with Crippen LogP contribution >= 0.6 is 0 Å². The Morgan fingerprint density at radius 1 is 0.244 bits per heavy atom. The van der Waals surface area contributed by atoms with Gasteiger partial charge in [-0.05, 0) is 127 Å². The second-order valence-corrected chi connectivity index (χ2v) is 21.7. The van der Waals surface area contributed by atoms with E-state index in [9.17, 15) is 0 Å². The third-order valence-electron chi connectivity index (χ3n) is 17.3. The molecule has 0 fully saturated rings. The number of aromatic nitrogens is 6. The first-order valence-corrected chi connectivity index (χ1v) is 27.9. The minimum Gasteiger partial charge on any atom is -0.309 e. The number of fused-ring (bicyclic) bond motifs is 12. The van der Waals surface area contributed by atoms with E-state index in [0.717, 1.165) is 84.1 Å². The summed E-state index contributed by atoms with van der Waals surface area (Å²) in [6, 6.07) is 92.2. The summed E-state index contributed by atoms with van der Waals surface area (Å²) in [4.78, 5) is 20.4. The van der Waals surface area contributed by atoms with Crippen LogP contribution in [-0.4, -0.2) is 29.1 Å². The minimum atomic E-state index is 0.715. The van der Waals surface area contributed by atoms with Crippen molar-refractivity contribution in [1.82, 2.24) is 29.1 Å². The Hall–Kier alpha value is -11.1. The van der Waals surface area contributed by atoms with Gasteiger partial charge in [0.2, 0.25) is 0 Å². The molecule has 6 nitrogen and oxygen atoms in total. The fourth-order valence-corrected chi connectivity index (χ4v) is 13.5. The lowest BCUT2D eigenvalue weighted by Crippen LogP contribution is -1.94. The van der Waals surface area contributed by atoms with Crippen LogP contribution in [0.4, 0.5) is 0 Å². The van der Waals surface area contributed by atoms with E-state index in [-0.39, 0.29) is 0 Å². The number of benzene rings is 12. The van der Waals surface area contributed by atoms with Gasteiger partial charge in [-0.2, -0.15) is 0 Å². The fraction of sp³-hybridized carbons (Fsp3) is 0. The lowest BCUT2D eigenvalue weighted by atomic mass is 9.93. The summed E-state index contributed by atoms with van der Waals surface area (Å²) in [5.74, 6) is 1.44. The molecule has 12 aromatic carbocycles. The molecule has 0 saturated carbocycles. The maximum atomic E-state index is 5.33. The van der Waals surface area contributed by atoms with Gasteiger partial charge in [0.05, 0.1) is 33.5 Å². The van der Waals surface area contributed by atoms with Crippen molar-refractivity contribution in [3.63, 3.8) is 0 Å². The Balaban J connectivity index is 0.672. The summed E-state index contributed by atoms with van der Waals surface area (Å²) in [6.45, 7) is 0. The van der Waals surface area contributed by atoms with Crippen LogP contribution in [-0.2, 0) is 0 Å². The first-order chi connectivity index (χ1) is 40.6. The van der Waals surface area contributed by atoms with E-state index in [1.54, 1.807) is 0 Å². The molecule has 0 saturated heterocycles. The van der Waals surface area contributed by atoms with Gasteiger partial charge in [-0.1, -0.05) is 194 Å². The first-order valence-electron chi connectivity index (χ1n) is 27.9. The molecule has 0 unspecified atom stereocenters. The highest BCUT2D eigenvalue weighted by Gasteiger charge is 2.27. The van der Waals surface area contributed by atoms with E-state index in [4.69, 9.17) is 19.9 Å². The molecule has 0 atom stereocenters. The number of nitrogens with zero attached hydrogens (tertiary/aromatic N) is 6. The SMILES string of the molecule is c1ccc(-n2c3ccccc3c3cc(-c4ccc(-c5ncc6c(n5)-c5cccc7c(-c8ccc9c(c8)c8ccc(-c%10ccc(-c%11ncc%12c(n%11)-c%11cccc%13cccc-%12c%11%13)cc%10)cc8n9-c8ccccc8)ccc-6c57)cc4)ccc32)cc1. The topological polar surface area (TPSA) is 61.4 Å². The van der Waals surface area contributed by atoms with Gasteiger partial charge in [-0.3, -0.25) is 0 Å². The molecular formula is C76H44N6. The van der Waals surface area contributed by atoms with Gasteiger partial charge < -0.3 is 9.13 Å². The van der Waals surface area contributed by atoms with Crippen LogP contribution in [0.15, 0.2) is 267 Å². The molecule has 4 heterocycles. The number of hydrogen-bond acceptors (Lipinski definition) is 4. The molecule has 0 spiro atoms. The monoisotopic (exact) mass is 1040 g/mol. The van der Waals surface area contributed by atoms with E-state index in [0.29, 0.717) is 5.82 Å². The first kappa shape index (κ1) is 44.9. The highest BCUT2D eigenvalue weighted by molar-refractivity contribution is 6.19. The molecule has 82 heavy (non-hydrogen) atoms. The van der Waals surface area contributed by atoms with Crippen molar-refractivity contribution in [2.45, 2.75) is 0 Å². The van der Waals surface area contributed by atoms with Gasteiger partial charge in [0.25, 0.3) is 0 Å². The van der Waals surface area contributed by atoms with Gasteiger partial charge in [0.15, 0.2) is 11.6 Å². The van der Waals surface area contributed by atoms with Gasteiger partial charge in [-0.15, -0.1) is 0 Å². The summed E-state index contributed by atoms with van der Waals surface area (Å²) in [5, 5.41) is 9.78. The Morgan fingerprint density at radius 2 is 0.695 bits per heavy atom. The third-order valence-corrected chi connectivity index (χ3v) is 17.3. The van der Waals surface area contributed by atoms with Crippen LogP contribution in [0.3, 0.4) is 0 Å². The molecule has 0 radical (unpaired) electrons. The molecule has 16 aromatic rings. The molecule has 2 aliphatic carbocycles. The minimum absolute atomic E-state index is 0.715. The number of para-hydroxylation sites is 3. The quantitative estimate of drug-likeness (QED) is 0.160. The van der Waals surface area contributed by atoms with Gasteiger partial charge >= 0.3 is 0 Å². The molecule has 378 valence electrons. The van der Waals surface area contributed by atoms with E-state index < -0.39 is 0 Å². The Bertz CT molecular complexity index is 5360. The Kier molecular flexibility index (Phi) is 9.41. The van der Waals surface area contributed by atoms with Crippen molar-refractivity contribution in [3.8, 4) is 112 Å². The summed E-state index contributed by atoms with van der Waals surface area (Å²) >= 11 is 0. The molecule has 0 N–H and O–H groups in total. The Morgan fingerprint density at radius 3 is 1.35 bits per heavy atom. The summed E-state index contributed by atoms with van der Waals surface area (Å²) in [5.41, 5.74) is 24.7. The zero-order chi connectivity index (χ0) is 53.6. The second kappa shape index (κ2) is 17.2. The summed E-state index contributed by atoms with van der Waals surface area (Å²) < 4.78 is 4.76. The third kappa shape index (κ3) is 6.57. The zero-order valence-electron chi connectivity index (χ0n) is 44.1. The molecule has 0 aliphatic heterocycles. The molecule has 18 rings (SSSR count). The van der Waals surface area contributed by atoms with E-state index in [1.165, 1.54) is 87.5 Å². The smallest absolute Gasteiger partial charge is 0.159 e. The van der Waals surface area contributed by atoms with Crippen molar-refractivity contribution < 1.29 is 0 Å². The van der Waals surface area contributed by atoms with Crippen molar-refractivity contribution in [2.24, 2.45) is 0 Å². The van der Waals surface area contributed by atoms with Crippen LogP contribution in [0.2, 0.25) is 0 Å². The average molecular weight is 1040 g/mol. The molecule has 0 bridgehead atoms. The van der Waals surface area contributed by atoms with Gasteiger partial charge in [-0.25, -0.2) is 19.9 Å². The van der Waals surface area contributed by atoms with Crippen molar-refractivity contribution >= 4 is 65.2 Å². The predicted molar refractivity (Wildman–Crippen MR) is 337 cm³/mol. The zero-order valence-corrected chi connectivity index (χ0v) is 44.1. The summed E-state index contributed by atoms with van der Waals surface area (Å²) in [6.07, 6.45) is 4.01. The normalized spacial score (nSPS) is 12.1. The van der Waals surface area contributed by atoms with Gasteiger partial charge in [0, 0.05) is 78.7 Å². The van der Waals surface area contributed by atoms with Crippen molar-refractivity contribution in [2.75, 3.05) is 0 Å². The molecule has 6 heteroatoms. The van der Waals surface area contributed by atoms with Crippen LogP contribution < -0.4 is 0 Å². The van der Waals surface area contributed by atoms with Crippen molar-refractivity contribution in [3.05, 3.63) is 267 Å². The van der Waals surface area contributed by atoms with E-state index in [2.05, 4.69) is 264 Å². The highest BCUT2D eigenvalue weighted by atomic mass is 15.0. The maximum absolute atomic E-state index is 5.33.